The van der Waals surface area contributed by atoms with Crippen LogP contribution in [0.5, 0.6) is 0 Å². The van der Waals surface area contributed by atoms with Gasteiger partial charge in [-0.25, -0.2) is 0 Å². The number of aromatic nitrogens is 3. The van der Waals surface area contributed by atoms with E-state index in [0.29, 0.717) is 0 Å². The van der Waals surface area contributed by atoms with Crippen LogP contribution in [-0.2, 0) is 10.9 Å². The Morgan fingerprint density at radius 2 is 1.78 bits per heavy atom. The zero-order chi connectivity index (χ0) is 17.4. The number of morpholine rings is 1. The number of hydrogen-bond donors (Lipinski definition) is 1. The highest BCUT2D eigenvalue weighted by molar-refractivity contribution is 5.36. The predicted octanol–water partition coefficient (Wildman–Crippen LogP) is 2.02. The molecule has 0 spiro atoms. The van der Waals surface area contributed by atoms with Crippen LogP contribution >= 0.6 is 0 Å². The van der Waals surface area contributed by atoms with E-state index in [0.717, 1.165) is 0 Å². The number of ether oxygens (including phenoxy) is 1. The van der Waals surface area contributed by atoms with Crippen LogP contribution in [0, 0.1) is 0 Å². The second-order valence-electron chi connectivity index (χ2n) is 5.11. The van der Waals surface area contributed by atoms with Gasteiger partial charge < -0.3 is 15.4 Å². The van der Waals surface area contributed by atoms with Crippen LogP contribution in [0.2, 0.25) is 0 Å². The summed E-state index contributed by atoms with van der Waals surface area (Å²) in [7, 11) is 0. The first-order valence-electron chi connectivity index (χ1n) is 6.50. The van der Waals surface area contributed by atoms with E-state index in [-0.39, 0.29) is 13.1 Å². The molecule has 0 amide bonds. The first kappa shape index (κ1) is 17.5. The lowest BCUT2D eigenvalue weighted by molar-refractivity contribution is -0.168. The van der Waals surface area contributed by atoms with Gasteiger partial charge in [-0.2, -0.15) is 41.3 Å². The van der Waals surface area contributed by atoms with Crippen LogP contribution in [0.3, 0.4) is 0 Å². The smallest absolute Gasteiger partial charge is 0.371 e. The standard InChI is InChI=1S/C11H13F6N5O/c1-5-3-22(4-6(23-5)2-10(12,13)14)9-20-7(11(15,16)17)19-8(18)21-9/h5-6H,2-4H2,1H3,(H2,18,19,20,21). The summed E-state index contributed by atoms with van der Waals surface area (Å²) < 4.78 is 80.6. The van der Waals surface area contributed by atoms with Crippen molar-refractivity contribution in [3.05, 3.63) is 5.82 Å². The van der Waals surface area contributed by atoms with Crippen molar-refractivity contribution in [1.29, 1.82) is 0 Å². The molecule has 1 aliphatic heterocycles. The monoisotopic (exact) mass is 345 g/mol. The van der Waals surface area contributed by atoms with Crippen LogP contribution < -0.4 is 10.6 Å². The van der Waals surface area contributed by atoms with Gasteiger partial charge in [-0.1, -0.05) is 0 Å². The first-order chi connectivity index (χ1) is 10.4. The van der Waals surface area contributed by atoms with Crippen molar-refractivity contribution >= 4 is 11.9 Å². The van der Waals surface area contributed by atoms with Crippen molar-refractivity contribution in [3.8, 4) is 0 Å². The van der Waals surface area contributed by atoms with Crippen molar-refractivity contribution in [2.24, 2.45) is 0 Å². The van der Waals surface area contributed by atoms with Crippen LogP contribution in [-0.4, -0.2) is 46.4 Å². The summed E-state index contributed by atoms with van der Waals surface area (Å²) in [4.78, 5) is 11.0. The summed E-state index contributed by atoms with van der Waals surface area (Å²) >= 11 is 0. The fourth-order valence-corrected chi connectivity index (χ4v) is 2.23. The van der Waals surface area contributed by atoms with Gasteiger partial charge in [0, 0.05) is 13.1 Å². The second-order valence-corrected chi connectivity index (χ2v) is 5.11. The molecule has 23 heavy (non-hydrogen) atoms. The van der Waals surface area contributed by atoms with Gasteiger partial charge in [0.25, 0.3) is 0 Å². The molecule has 2 atom stereocenters. The normalized spacial score (nSPS) is 23.2. The van der Waals surface area contributed by atoms with Crippen molar-refractivity contribution < 1.29 is 31.1 Å². The number of nitrogens with two attached hydrogens (primary N) is 1. The van der Waals surface area contributed by atoms with Crippen LogP contribution in [0.25, 0.3) is 0 Å². The van der Waals surface area contributed by atoms with Gasteiger partial charge in [-0.15, -0.1) is 0 Å². The number of halogens is 6. The van der Waals surface area contributed by atoms with E-state index in [1.807, 2.05) is 0 Å². The Morgan fingerprint density at radius 1 is 1.13 bits per heavy atom. The molecular weight excluding hydrogens is 332 g/mol. The minimum atomic E-state index is -4.84. The summed E-state index contributed by atoms with van der Waals surface area (Å²) in [6.45, 7) is 1.24. The maximum absolute atomic E-state index is 12.7. The van der Waals surface area contributed by atoms with Gasteiger partial charge in [-0.05, 0) is 6.92 Å². The number of hydrogen-bond acceptors (Lipinski definition) is 6. The molecule has 0 radical (unpaired) electrons. The van der Waals surface area contributed by atoms with Crippen LogP contribution in [0.15, 0.2) is 0 Å². The molecule has 12 heteroatoms. The number of nitrogen functional groups attached to an aromatic ring is 1. The molecule has 1 aliphatic rings. The molecule has 2 heterocycles. The van der Waals surface area contributed by atoms with Gasteiger partial charge in [0.05, 0.1) is 18.6 Å². The van der Waals surface area contributed by atoms with Crippen molar-refractivity contribution in [3.63, 3.8) is 0 Å². The lowest BCUT2D eigenvalue weighted by atomic mass is 10.1. The predicted molar refractivity (Wildman–Crippen MR) is 66.5 cm³/mol. The van der Waals surface area contributed by atoms with Crippen molar-refractivity contribution in [2.45, 2.75) is 37.9 Å². The largest absolute Gasteiger partial charge is 0.451 e. The maximum atomic E-state index is 12.7. The second kappa shape index (κ2) is 5.98. The van der Waals surface area contributed by atoms with Gasteiger partial charge in [0.1, 0.15) is 0 Å². The van der Waals surface area contributed by atoms with Gasteiger partial charge >= 0.3 is 12.4 Å². The average Bonchev–Trinajstić information content (AvgIpc) is 2.34. The Labute approximate surface area is 126 Å². The number of nitrogens with zero attached hydrogens (tertiary/aromatic N) is 4. The molecule has 0 aliphatic carbocycles. The van der Waals surface area contributed by atoms with E-state index in [1.165, 1.54) is 11.8 Å². The van der Waals surface area contributed by atoms with Crippen LogP contribution in [0.1, 0.15) is 19.2 Å². The summed E-state index contributed by atoms with van der Waals surface area (Å²) in [6.07, 6.45) is -12.4. The highest BCUT2D eigenvalue weighted by Crippen LogP contribution is 2.30. The zero-order valence-electron chi connectivity index (χ0n) is 11.8. The molecule has 1 fully saturated rings. The Balaban J connectivity index is 2.25. The number of anilines is 2. The summed E-state index contributed by atoms with van der Waals surface area (Å²) in [5.41, 5.74) is 5.23. The van der Waals surface area contributed by atoms with E-state index < -0.39 is 48.7 Å². The third-order valence-electron chi connectivity index (χ3n) is 2.96. The van der Waals surface area contributed by atoms with Gasteiger partial charge in [0.2, 0.25) is 17.7 Å². The summed E-state index contributed by atoms with van der Waals surface area (Å²) in [6, 6.07) is 0. The topological polar surface area (TPSA) is 77.2 Å². The highest BCUT2D eigenvalue weighted by atomic mass is 19.4. The SMILES string of the molecule is CC1CN(c2nc(N)nc(C(F)(F)F)n2)CC(CC(F)(F)F)O1. The summed E-state index contributed by atoms with van der Waals surface area (Å²) in [5.74, 6) is -2.58. The molecule has 6 nitrogen and oxygen atoms in total. The molecule has 1 saturated heterocycles. The number of alkyl halides is 6. The molecule has 2 unspecified atom stereocenters. The van der Waals surface area contributed by atoms with Gasteiger partial charge in [-0.3, -0.25) is 0 Å². The first-order valence-corrected chi connectivity index (χ1v) is 6.50. The minimum Gasteiger partial charge on any atom is -0.371 e. The molecule has 1 aromatic heterocycles. The fourth-order valence-electron chi connectivity index (χ4n) is 2.23. The molecule has 130 valence electrons. The quantitative estimate of drug-likeness (QED) is 0.827. The average molecular weight is 345 g/mol. The Hall–Kier alpha value is -1.85. The zero-order valence-corrected chi connectivity index (χ0v) is 11.8. The number of rotatable bonds is 2. The maximum Gasteiger partial charge on any atom is 0.451 e. The third kappa shape index (κ3) is 4.81. The molecular formula is C11H13F6N5O. The van der Waals surface area contributed by atoms with E-state index in [4.69, 9.17) is 10.5 Å². The molecule has 0 bridgehead atoms. The molecule has 2 rings (SSSR count). The highest BCUT2D eigenvalue weighted by Gasteiger charge is 2.39. The van der Waals surface area contributed by atoms with E-state index in [9.17, 15) is 26.3 Å². The summed E-state index contributed by atoms with van der Waals surface area (Å²) in [5, 5.41) is 0. The van der Waals surface area contributed by atoms with Crippen molar-refractivity contribution in [2.75, 3.05) is 23.7 Å². The Kier molecular flexibility index (Phi) is 4.55. The van der Waals surface area contributed by atoms with E-state index >= 15 is 0 Å². The van der Waals surface area contributed by atoms with E-state index in [1.54, 1.807) is 0 Å². The minimum absolute atomic E-state index is 0.0368. The molecule has 0 saturated carbocycles. The third-order valence-corrected chi connectivity index (χ3v) is 2.96. The molecule has 0 aromatic carbocycles. The Bertz CT molecular complexity index is 563. The lowest BCUT2D eigenvalue weighted by Gasteiger charge is -2.37. The van der Waals surface area contributed by atoms with Gasteiger partial charge in [0.15, 0.2) is 0 Å². The molecule has 1 aromatic rings. The van der Waals surface area contributed by atoms with Crippen molar-refractivity contribution in [1.82, 2.24) is 15.0 Å². The molecule has 2 N–H and O–H groups in total. The lowest BCUT2D eigenvalue weighted by Crippen LogP contribution is -2.48. The fraction of sp³-hybridized carbons (Fsp3) is 0.727. The Morgan fingerprint density at radius 3 is 2.35 bits per heavy atom. The van der Waals surface area contributed by atoms with Crippen LogP contribution in [0.4, 0.5) is 38.2 Å². The van der Waals surface area contributed by atoms with E-state index in [2.05, 4.69) is 15.0 Å².